The zero-order valence-corrected chi connectivity index (χ0v) is 11.8. The molecule has 0 unspecified atom stereocenters. The number of halogens is 2. The standard InChI is InChI=1S/C16H14F2N2O2/c1-11-2-7-14(8-15(11)18)20-16(21)10-22-19-9-12-3-5-13(17)6-4-12/h2-9H,10H2,1H3,(H,20,21)/b19-9+. The van der Waals surface area contributed by atoms with Gasteiger partial charge in [-0.25, -0.2) is 8.78 Å². The highest BCUT2D eigenvalue weighted by atomic mass is 19.1. The van der Waals surface area contributed by atoms with Crippen LogP contribution in [0.1, 0.15) is 11.1 Å². The molecule has 0 heterocycles. The van der Waals surface area contributed by atoms with E-state index in [1.807, 2.05) is 0 Å². The lowest BCUT2D eigenvalue weighted by atomic mass is 10.2. The van der Waals surface area contributed by atoms with E-state index in [-0.39, 0.29) is 12.4 Å². The van der Waals surface area contributed by atoms with E-state index < -0.39 is 11.7 Å². The van der Waals surface area contributed by atoms with Crippen LogP contribution in [-0.2, 0) is 9.63 Å². The third-order valence-electron chi connectivity index (χ3n) is 2.80. The number of carbonyl (C=O) groups excluding carboxylic acids is 1. The fourth-order valence-corrected chi connectivity index (χ4v) is 1.61. The second-order valence-corrected chi connectivity index (χ2v) is 4.57. The van der Waals surface area contributed by atoms with Gasteiger partial charge in [-0.1, -0.05) is 23.4 Å². The smallest absolute Gasteiger partial charge is 0.265 e. The number of hydrogen-bond acceptors (Lipinski definition) is 3. The van der Waals surface area contributed by atoms with Crippen LogP contribution in [0.5, 0.6) is 0 Å². The van der Waals surface area contributed by atoms with Crippen molar-refractivity contribution in [3.8, 4) is 0 Å². The summed E-state index contributed by atoms with van der Waals surface area (Å²) in [5.74, 6) is -1.20. The van der Waals surface area contributed by atoms with Gasteiger partial charge in [0.1, 0.15) is 11.6 Å². The Balaban J connectivity index is 1.80. The van der Waals surface area contributed by atoms with Crippen LogP contribution >= 0.6 is 0 Å². The minimum absolute atomic E-state index is 0.312. The van der Waals surface area contributed by atoms with E-state index in [0.717, 1.165) is 0 Å². The van der Waals surface area contributed by atoms with E-state index in [0.29, 0.717) is 16.8 Å². The highest BCUT2D eigenvalue weighted by Gasteiger charge is 2.04. The third-order valence-corrected chi connectivity index (χ3v) is 2.80. The monoisotopic (exact) mass is 304 g/mol. The molecule has 0 aliphatic carbocycles. The lowest BCUT2D eigenvalue weighted by Gasteiger charge is -2.05. The van der Waals surface area contributed by atoms with Crippen LogP contribution in [0.2, 0.25) is 0 Å². The predicted octanol–water partition coefficient (Wildman–Crippen LogP) is 3.26. The average Bonchev–Trinajstić information content (AvgIpc) is 2.49. The molecule has 1 amide bonds. The van der Waals surface area contributed by atoms with Crippen LogP contribution in [0, 0.1) is 18.6 Å². The van der Waals surface area contributed by atoms with E-state index in [4.69, 9.17) is 4.84 Å². The van der Waals surface area contributed by atoms with Crippen LogP contribution in [0.4, 0.5) is 14.5 Å². The average molecular weight is 304 g/mol. The fourth-order valence-electron chi connectivity index (χ4n) is 1.61. The molecule has 6 heteroatoms. The second kappa shape index (κ2) is 7.31. The normalized spacial score (nSPS) is 10.7. The number of hydrogen-bond donors (Lipinski definition) is 1. The maximum Gasteiger partial charge on any atom is 0.265 e. The van der Waals surface area contributed by atoms with E-state index >= 15 is 0 Å². The number of nitrogens with zero attached hydrogens (tertiary/aromatic N) is 1. The largest absolute Gasteiger partial charge is 0.386 e. The van der Waals surface area contributed by atoms with Crippen LogP contribution in [-0.4, -0.2) is 18.7 Å². The molecule has 0 bridgehead atoms. The van der Waals surface area contributed by atoms with Gasteiger partial charge in [0.15, 0.2) is 6.61 Å². The number of amides is 1. The van der Waals surface area contributed by atoms with E-state index in [9.17, 15) is 13.6 Å². The Morgan fingerprint density at radius 1 is 1.23 bits per heavy atom. The van der Waals surface area contributed by atoms with Gasteiger partial charge in [0, 0.05) is 5.69 Å². The molecule has 0 aliphatic rings. The van der Waals surface area contributed by atoms with Crippen molar-refractivity contribution >= 4 is 17.8 Å². The molecule has 1 N–H and O–H groups in total. The van der Waals surface area contributed by atoms with E-state index in [2.05, 4.69) is 10.5 Å². The van der Waals surface area contributed by atoms with Gasteiger partial charge >= 0.3 is 0 Å². The molecule has 0 spiro atoms. The Morgan fingerprint density at radius 2 is 1.95 bits per heavy atom. The third kappa shape index (κ3) is 4.66. The maximum absolute atomic E-state index is 13.3. The molecule has 0 saturated carbocycles. The van der Waals surface area contributed by atoms with Crippen molar-refractivity contribution in [2.45, 2.75) is 6.92 Å². The summed E-state index contributed by atoms with van der Waals surface area (Å²) in [5.41, 5.74) is 1.49. The summed E-state index contributed by atoms with van der Waals surface area (Å²) in [7, 11) is 0. The Labute approximate surface area is 126 Å². The van der Waals surface area contributed by atoms with Gasteiger partial charge in [-0.15, -0.1) is 0 Å². The highest BCUT2D eigenvalue weighted by molar-refractivity contribution is 5.91. The topological polar surface area (TPSA) is 50.7 Å². The van der Waals surface area contributed by atoms with Gasteiger partial charge in [-0.05, 0) is 42.3 Å². The predicted molar refractivity (Wildman–Crippen MR) is 79.7 cm³/mol. The lowest BCUT2D eigenvalue weighted by Crippen LogP contribution is -2.17. The Bertz CT molecular complexity index is 685. The first-order valence-corrected chi connectivity index (χ1v) is 6.51. The number of oxime groups is 1. The van der Waals surface area contributed by atoms with Gasteiger partial charge in [0.25, 0.3) is 5.91 Å². The van der Waals surface area contributed by atoms with Crippen LogP contribution < -0.4 is 5.32 Å². The summed E-state index contributed by atoms with van der Waals surface area (Å²) in [4.78, 5) is 16.4. The number of nitrogens with one attached hydrogen (secondary N) is 1. The first kappa shape index (κ1) is 15.6. The number of rotatable bonds is 5. The molecule has 22 heavy (non-hydrogen) atoms. The summed E-state index contributed by atoms with van der Waals surface area (Å²) in [6, 6.07) is 10.0. The van der Waals surface area contributed by atoms with Crippen molar-refractivity contribution in [2.75, 3.05) is 11.9 Å². The number of anilines is 1. The van der Waals surface area contributed by atoms with Gasteiger partial charge < -0.3 is 10.2 Å². The summed E-state index contributed by atoms with van der Waals surface area (Å²) < 4.78 is 26.0. The summed E-state index contributed by atoms with van der Waals surface area (Å²) >= 11 is 0. The summed E-state index contributed by atoms with van der Waals surface area (Å²) in [6.07, 6.45) is 1.36. The quantitative estimate of drug-likeness (QED) is 0.681. The number of benzene rings is 2. The van der Waals surface area contributed by atoms with Crippen LogP contribution in [0.15, 0.2) is 47.6 Å². The molecular formula is C16H14F2N2O2. The Kier molecular flexibility index (Phi) is 5.19. The van der Waals surface area contributed by atoms with Crippen molar-refractivity contribution in [2.24, 2.45) is 5.16 Å². The number of carbonyl (C=O) groups is 1. The van der Waals surface area contributed by atoms with Crippen molar-refractivity contribution in [1.29, 1.82) is 0 Å². The molecule has 0 radical (unpaired) electrons. The SMILES string of the molecule is Cc1ccc(NC(=O)CO/N=C/c2ccc(F)cc2)cc1F. The minimum atomic E-state index is -0.459. The first-order chi connectivity index (χ1) is 10.5. The fraction of sp³-hybridized carbons (Fsp3) is 0.125. The molecule has 0 aromatic heterocycles. The van der Waals surface area contributed by atoms with Crippen LogP contribution in [0.25, 0.3) is 0 Å². The molecule has 4 nitrogen and oxygen atoms in total. The van der Waals surface area contributed by atoms with Crippen LogP contribution in [0.3, 0.4) is 0 Å². The first-order valence-electron chi connectivity index (χ1n) is 6.51. The van der Waals surface area contributed by atoms with E-state index in [1.54, 1.807) is 19.1 Å². The molecule has 2 aromatic carbocycles. The zero-order valence-electron chi connectivity index (χ0n) is 11.8. The molecule has 0 fully saturated rings. The lowest BCUT2D eigenvalue weighted by molar-refractivity contribution is -0.120. The van der Waals surface area contributed by atoms with Gasteiger partial charge in [0.05, 0.1) is 6.21 Å². The second-order valence-electron chi connectivity index (χ2n) is 4.57. The molecule has 0 aliphatic heterocycles. The molecule has 114 valence electrons. The highest BCUT2D eigenvalue weighted by Crippen LogP contribution is 2.13. The van der Waals surface area contributed by atoms with Crippen molar-refractivity contribution < 1.29 is 18.4 Å². The van der Waals surface area contributed by atoms with Gasteiger partial charge in [0.2, 0.25) is 0 Å². The molecule has 0 saturated heterocycles. The van der Waals surface area contributed by atoms with Crippen molar-refractivity contribution in [1.82, 2.24) is 0 Å². The van der Waals surface area contributed by atoms with Crippen molar-refractivity contribution in [3.05, 3.63) is 65.2 Å². The Morgan fingerprint density at radius 3 is 2.64 bits per heavy atom. The van der Waals surface area contributed by atoms with Gasteiger partial charge in [-0.3, -0.25) is 4.79 Å². The zero-order chi connectivity index (χ0) is 15.9. The number of aryl methyl sites for hydroxylation is 1. The molecule has 0 atom stereocenters. The molecule has 2 rings (SSSR count). The summed E-state index contributed by atoms with van der Waals surface area (Å²) in [5, 5.41) is 6.09. The molecular weight excluding hydrogens is 290 g/mol. The molecule has 2 aromatic rings. The van der Waals surface area contributed by atoms with Crippen molar-refractivity contribution in [3.63, 3.8) is 0 Å². The minimum Gasteiger partial charge on any atom is -0.386 e. The van der Waals surface area contributed by atoms with E-state index in [1.165, 1.54) is 36.5 Å². The Hall–Kier alpha value is -2.76. The maximum atomic E-state index is 13.3. The summed E-state index contributed by atoms with van der Waals surface area (Å²) in [6.45, 7) is 1.32. The van der Waals surface area contributed by atoms with Gasteiger partial charge in [-0.2, -0.15) is 0 Å².